The van der Waals surface area contributed by atoms with E-state index in [0.29, 0.717) is 22.3 Å². The lowest BCUT2D eigenvalue weighted by Crippen LogP contribution is -2.65. The minimum Gasteiger partial charge on any atom is -0.508 e. The number of ketones is 2. The number of nitro groups is 1. The van der Waals surface area contributed by atoms with Crippen molar-refractivity contribution in [3.8, 4) is 16.9 Å². The van der Waals surface area contributed by atoms with Gasteiger partial charge in [-0.15, -0.1) is 0 Å². The third kappa shape index (κ3) is 4.23. The number of nitro benzene ring substituents is 1. The number of hydrogen-bond donors (Lipinski definition) is 5. The Morgan fingerprint density at radius 3 is 2.35 bits per heavy atom. The summed E-state index contributed by atoms with van der Waals surface area (Å²) < 4.78 is 0. The van der Waals surface area contributed by atoms with Crippen LogP contribution in [-0.4, -0.2) is 73.5 Å². The summed E-state index contributed by atoms with van der Waals surface area (Å²) in [5, 5.41) is 57.7. The molecule has 0 heterocycles. The van der Waals surface area contributed by atoms with E-state index < -0.39 is 68.4 Å². The van der Waals surface area contributed by atoms with Crippen LogP contribution in [-0.2, 0) is 26.2 Å². The van der Waals surface area contributed by atoms with Gasteiger partial charge >= 0.3 is 0 Å². The Hall–Kier alpha value is -4.55. The zero-order chi connectivity index (χ0) is 31.9. The Bertz CT molecular complexity index is 1700. The van der Waals surface area contributed by atoms with Gasteiger partial charge in [-0.25, -0.2) is 0 Å². The zero-order valence-corrected chi connectivity index (χ0v) is 24.3. The number of aromatic hydroxyl groups is 1. The minimum absolute atomic E-state index is 0.0601. The van der Waals surface area contributed by atoms with Crippen molar-refractivity contribution in [2.45, 2.75) is 50.7 Å². The van der Waals surface area contributed by atoms with Gasteiger partial charge in [0.05, 0.1) is 16.5 Å². The van der Waals surface area contributed by atoms with Gasteiger partial charge in [-0.1, -0.05) is 32.9 Å². The van der Waals surface area contributed by atoms with E-state index in [1.54, 1.807) is 12.1 Å². The second kappa shape index (κ2) is 9.75. The number of aliphatic hydroxyl groups excluding tert-OH is 2. The first-order valence-electron chi connectivity index (χ1n) is 13.7. The van der Waals surface area contributed by atoms with Gasteiger partial charge in [0.1, 0.15) is 22.8 Å². The summed E-state index contributed by atoms with van der Waals surface area (Å²) in [4.78, 5) is 52.1. The Balaban J connectivity index is 1.82. The molecule has 2 aromatic rings. The molecular weight excluding hydrogens is 558 g/mol. The lowest BCUT2D eigenvalue weighted by Gasteiger charge is -2.50. The van der Waals surface area contributed by atoms with Gasteiger partial charge in [0, 0.05) is 29.2 Å². The SMILES string of the molecule is CN(C)[C@@H]1C(=O)C(C(N)=O)=C(O)[C@@]2(O)C(=O)C3=C(O)c4c(O)c(C(C)(C)C)cc(-c5cccc([N+](=O)[O-])c5)c4C[C@@H]3C[C@@H]12. The van der Waals surface area contributed by atoms with Crippen LogP contribution in [0.2, 0.25) is 0 Å². The van der Waals surface area contributed by atoms with Crippen molar-refractivity contribution in [2.24, 2.45) is 17.6 Å². The molecule has 6 N–H and O–H groups in total. The average molecular weight is 592 g/mol. The van der Waals surface area contributed by atoms with Gasteiger partial charge in [0.15, 0.2) is 11.4 Å². The van der Waals surface area contributed by atoms with Gasteiger partial charge in [-0.2, -0.15) is 0 Å². The molecule has 12 nitrogen and oxygen atoms in total. The van der Waals surface area contributed by atoms with Crippen LogP contribution >= 0.6 is 0 Å². The Morgan fingerprint density at radius 1 is 1.14 bits per heavy atom. The minimum atomic E-state index is -2.75. The topological polar surface area (TPSA) is 205 Å². The molecule has 1 amide bonds. The third-order valence-electron chi connectivity index (χ3n) is 8.90. The molecule has 0 bridgehead atoms. The van der Waals surface area contributed by atoms with Crippen molar-refractivity contribution in [3.63, 3.8) is 0 Å². The normalized spacial score (nSPS) is 25.4. The number of hydrogen-bond acceptors (Lipinski definition) is 10. The number of carbonyl (C=O) groups is 3. The molecule has 3 aliphatic carbocycles. The van der Waals surface area contributed by atoms with Crippen molar-refractivity contribution in [2.75, 3.05) is 14.1 Å². The van der Waals surface area contributed by atoms with E-state index in [-0.39, 0.29) is 35.4 Å². The molecule has 0 unspecified atom stereocenters. The van der Waals surface area contributed by atoms with Crippen molar-refractivity contribution >= 4 is 28.9 Å². The van der Waals surface area contributed by atoms with Crippen LogP contribution in [0, 0.1) is 22.0 Å². The van der Waals surface area contributed by atoms with Crippen molar-refractivity contribution in [1.82, 2.24) is 4.90 Å². The average Bonchev–Trinajstić information content (AvgIpc) is 2.89. The molecule has 0 spiro atoms. The number of aliphatic hydroxyl groups is 3. The van der Waals surface area contributed by atoms with Crippen LogP contribution < -0.4 is 5.73 Å². The highest BCUT2D eigenvalue weighted by molar-refractivity contribution is 6.24. The molecule has 4 atom stereocenters. The Kier molecular flexibility index (Phi) is 6.78. The van der Waals surface area contributed by atoms with E-state index >= 15 is 0 Å². The number of carbonyl (C=O) groups excluding carboxylic acids is 3. The fraction of sp³-hybridized carbons (Fsp3) is 0.387. The monoisotopic (exact) mass is 591 g/mol. The molecule has 0 radical (unpaired) electrons. The van der Waals surface area contributed by atoms with Crippen LogP contribution in [0.25, 0.3) is 16.9 Å². The molecule has 12 heteroatoms. The van der Waals surface area contributed by atoms with Crippen LogP contribution in [0.3, 0.4) is 0 Å². The highest BCUT2D eigenvalue weighted by Crippen LogP contribution is 2.55. The first-order chi connectivity index (χ1) is 19.9. The lowest BCUT2D eigenvalue weighted by atomic mass is 9.57. The number of nitrogens with zero attached hydrogens (tertiary/aromatic N) is 2. The standard InChI is InChI=1S/C31H33N3O9/c1-30(2,3)19-12-16(13-7-6-8-15(9-13)34(42)43)17-10-14-11-18-23(33(4)5)26(37)22(29(32)40)28(39)31(18,41)27(38)20(14)25(36)21(17)24(19)35/h6-9,12,14,18,23,35-36,39,41H,10-11H2,1-5H3,(H2,32,40)/t14-,18+,23+,31+/m1/s1. The maximum Gasteiger partial charge on any atom is 0.270 e. The fourth-order valence-corrected chi connectivity index (χ4v) is 6.93. The second-order valence-electron chi connectivity index (χ2n) is 12.7. The number of phenolic OH excluding ortho intramolecular Hbond substituents is 1. The molecular formula is C31H33N3O9. The highest BCUT2D eigenvalue weighted by atomic mass is 16.6. The van der Waals surface area contributed by atoms with Gasteiger partial charge in [0.25, 0.3) is 11.6 Å². The maximum absolute atomic E-state index is 14.2. The van der Waals surface area contributed by atoms with E-state index in [1.165, 1.54) is 37.2 Å². The summed E-state index contributed by atoms with van der Waals surface area (Å²) in [5.41, 5.74) is 2.38. The molecule has 3 aliphatic rings. The number of rotatable bonds is 4. The number of amides is 1. The molecule has 5 rings (SSSR count). The molecule has 0 saturated heterocycles. The molecule has 43 heavy (non-hydrogen) atoms. The molecule has 226 valence electrons. The third-order valence-corrected chi connectivity index (χ3v) is 8.90. The number of fused-ring (bicyclic) bond motifs is 3. The van der Waals surface area contributed by atoms with E-state index in [2.05, 4.69) is 0 Å². The van der Waals surface area contributed by atoms with Crippen LogP contribution in [0.4, 0.5) is 5.69 Å². The van der Waals surface area contributed by atoms with Crippen molar-refractivity contribution < 1.29 is 39.7 Å². The van der Waals surface area contributed by atoms with Gasteiger partial charge in [-0.3, -0.25) is 29.4 Å². The number of nitrogens with two attached hydrogens (primary N) is 1. The van der Waals surface area contributed by atoms with Gasteiger partial charge in [0.2, 0.25) is 5.78 Å². The number of Topliss-reactive ketones (excluding diaryl/α,β-unsaturated/α-hetero) is 2. The van der Waals surface area contributed by atoms with E-state index in [1.807, 2.05) is 20.8 Å². The fourth-order valence-electron chi connectivity index (χ4n) is 6.93. The van der Waals surface area contributed by atoms with Crippen LogP contribution in [0.15, 0.2) is 47.2 Å². The first-order valence-corrected chi connectivity index (χ1v) is 13.7. The molecule has 1 fully saturated rings. The molecule has 2 aromatic carbocycles. The highest BCUT2D eigenvalue weighted by Gasteiger charge is 2.64. The summed E-state index contributed by atoms with van der Waals surface area (Å²) in [6.45, 7) is 5.49. The summed E-state index contributed by atoms with van der Waals surface area (Å²) in [6, 6.07) is 6.44. The second-order valence-corrected chi connectivity index (χ2v) is 12.7. The van der Waals surface area contributed by atoms with Crippen molar-refractivity contribution in [3.05, 3.63) is 74.0 Å². The van der Waals surface area contributed by atoms with Gasteiger partial charge in [-0.05, 0) is 61.0 Å². The van der Waals surface area contributed by atoms with Gasteiger partial charge < -0.3 is 26.2 Å². The predicted octanol–water partition coefficient (Wildman–Crippen LogP) is 2.84. The number of primary amides is 1. The zero-order valence-electron chi connectivity index (χ0n) is 24.3. The summed E-state index contributed by atoms with van der Waals surface area (Å²) in [7, 11) is 3.06. The number of benzene rings is 2. The van der Waals surface area contributed by atoms with Crippen LogP contribution in [0.5, 0.6) is 5.75 Å². The smallest absolute Gasteiger partial charge is 0.270 e. The maximum atomic E-state index is 14.2. The van der Waals surface area contributed by atoms with E-state index in [0.717, 1.165) is 0 Å². The Labute approximate surface area is 246 Å². The van der Waals surface area contributed by atoms with E-state index in [9.17, 15) is 44.9 Å². The molecule has 0 aromatic heterocycles. The number of non-ortho nitro benzene ring substituents is 1. The summed E-state index contributed by atoms with van der Waals surface area (Å²) >= 11 is 0. The van der Waals surface area contributed by atoms with E-state index in [4.69, 9.17) is 5.73 Å². The molecule has 0 aliphatic heterocycles. The predicted molar refractivity (Wildman–Crippen MR) is 155 cm³/mol. The lowest BCUT2D eigenvalue weighted by molar-refractivity contribution is -0.384. The van der Waals surface area contributed by atoms with Crippen LogP contribution in [0.1, 0.15) is 43.9 Å². The Morgan fingerprint density at radius 2 is 1.79 bits per heavy atom. The molecule has 1 saturated carbocycles. The summed E-state index contributed by atoms with van der Waals surface area (Å²) in [6.07, 6.45) is -0.00747. The summed E-state index contributed by atoms with van der Waals surface area (Å²) in [5.74, 6) is -7.32. The van der Waals surface area contributed by atoms with Crippen molar-refractivity contribution in [1.29, 1.82) is 0 Å². The number of likely N-dealkylation sites (N-methyl/N-ethyl adjacent to an activating group) is 1. The quantitative estimate of drug-likeness (QED) is 0.200. The largest absolute Gasteiger partial charge is 0.508 e. The first kappa shape index (κ1) is 29.9. The number of phenols is 1.